The molecule has 1 atom stereocenters. The number of hydrogen-bond acceptors (Lipinski definition) is 8. The topological polar surface area (TPSA) is 116 Å². The van der Waals surface area contributed by atoms with Crippen LogP contribution in [0.3, 0.4) is 0 Å². The van der Waals surface area contributed by atoms with Gasteiger partial charge < -0.3 is 35.0 Å². The third-order valence-electron chi connectivity index (χ3n) is 7.38. The van der Waals surface area contributed by atoms with Crippen molar-refractivity contribution in [2.75, 3.05) is 61.5 Å². The highest BCUT2D eigenvalue weighted by molar-refractivity contribution is 6.31. The second-order valence-electron chi connectivity index (χ2n) is 10.7. The van der Waals surface area contributed by atoms with Crippen LogP contribution in [-0.2, 0) is 4.74 Å². The van der Waals surface area contributed by atoms with E-state index >= 15 is 0 Å². The molecule has 0 saturated carbocycles. The molecule has 12 heteroatoms. The fourth-order valence-electron chi connectivity index (χ4n) is 5.21. The molecule has 2 fully saturated rings. The predicted molar refractivity (Wildman–Crippen MR) is 168 cm³/mol. The van der Waals surface area contributed by atoms with E-state index < -0.39 is 11.8 Å². The maximum absolute atomic E-state index is 13.7. The molecule has 5 rings (SSSR count). The third-order valence-corrected chi connectivity index (χ3v) is 7.84. The Morgan fingerprint density at radius 3 is 2.40 bits per heavy atom. The molecule has 1 aromatic heterocycles. The Morgan fingerprint density at radius 1 is 0.977 bits per heavy atom. The summed E-state index contributed by atoms with van der Waals surface area (Å²) in [7, 11) is 0. The van der Waals surface area contributed by atoms with Gasteiger partial charge in [0, 0.05) is 55.7 Å². The van der Waals surface area contributed by atoms with Crippen LogP contribution < -0.4 is 20.3 Å². The number of likely N-dealkylation sites (tertiary alicyclic amines) is 1. The van der Waals surface area contributed by atoms with E-state index in [1.54, 1.807) is 37.3 Å². The first-order valence-electron chi connectivity index (χ1n) is 14.3. The molecule has 228 valence electrons. The number of aliphatic hydroxyl groups excluding tert-OH is 1. The van der Waals surface area contributed by atoms with Crippen molar-refractivity contribution >= 4 is 52.2 Å². The number of benzene rings is 2. The van der Waals surface area contributed by atoms with Gasteiger partial charge in [0.15, 0.2) is 0 Å². The van der Waals surface area contributed by atoms with Gasteiger partial charge in [-0.25, -0.2) is 4.98 Å². The molecule has 3 N–H and O–H groups in total. The van der Waals surface area contributed by atoms with Crippen LogP contribution in [0.1, 0.15) is 40.5 Å². The van der Waals surface area contributed by atoms with Crippen molar-refractivity contribution in [3.05, 3.63) is 75.9 Å². The molecule has 2 aliphatic rings. The highest BCUT2D eigenvalue weighted by Gasteiger charge is 2.25. The molecule has 2 aliphatic heterocycles. The quantitative estimate of drug-likeness (QED) is 0.305. The molecule has 0 unspecified atom stereocenters. The van der Waals surface area contributed by atoms with Gasteiger partial charge in [0.25, 0.3) is 11.8 Å². The standard InChI is InChI=1S/C31H35Cl2N5O5/c1-20(39)19-37-10-8-24(9-11-37)43-28-17-23(38-12-14-42-15-13-38)4-5-25(28)30(40)35-27-6-2-21(32)16-26(27)31(41)36-29-7-3-22(33)18-34-29/h2-7,16-18,20,24,39H,8-15,19H2,1H3,(H,35,40)(H,34,36,41)/t20-/m0/s1. The summed E-state index contributed by atoms with van der Waals surface area (Å²) in [6.07, 6.45) is 2.50. The van der Waals surface area contributed by atoms with Crippen LogP contribution in [0.5, 0.6) is 5.75 Å². The molecule has 10 nitrogen and oxygen atoms in total. The Labute approximate surface area is 260 Å². The number of aliphatic hydroxyl groups is 1. The molecular weight excluding hydrogens is 593 g/mol. The highest BCUT2D eigenvalue weighted by atomic mass is 35.5. The van der Waals surface area contributed by atoms with Gasteiger partial charge in [-0.2, -0.15) is 0 Å². The highest BCUT2D eigenvalue weighted by Crippen LogP contribution is 2.31. The first kappa shape index (κ1) is 31.0. The number of nitrogens with zero attached hydrogens (tertiary/aromatic N) is 3. The minimum absolute atomic E-state index is 0.0829. The Kier molecular flexibility index (Phi) is 10.4. The van der Waals surface area contributed by atoms with Crippen LogP contribution in [0, 0.1) is 0 Å². The lowest BCUT2D eigenvalue weighted by Gasteiger charge is -2.33. The zero-order chi connectivity index (χ0) is 30.3. The van der Waals surface area contributed by atoms with Crippen LogP contribution in [0.15, 0.2) is 54.7 Å². The molecule has 3 aromatic rings. The number of carbonyl (C=O) groups excluding carboxylic acids is 2. The number of morpholine rings is 1. The fraction of sp³-hybridized carbons (Fsp3) is 0.387. The second-order valence-corrected chi connectivity index (χ2v) is 11.6. The molecule has 0 aliphatic carbocycles. The van der Waals surface area contributed by atoms with E-state index in [0.717, 1.165) is 44.7 Å². The van der Waals surface area contributed by atoms with Crippen molar-refractivity contribution in [1.29, 1.82) is 0 Å². The smallest absolute Gasteiger partial charge is 0.259 e. The lowest BCUT2D eigenvalue weighted by molar-refractivity contribution is 0.0665. The van der Waals surface area contributed by atoms with Gasteiger partial charge in [0.05, 0.1) is 41.2 Å². The number of piperidine rings is 1. The van der Waals surface area contributed by atoms with E-state index in [9.17, 15) is 14.7 Å². The summed E-state index contributed by atoms with van der Waals surface area (Å²) in [5.41, 5.74) is 1.76. The zero-order valence-corrected chi connectivity index (χ0v) is 25.4. The Bertz CT molecular complexity index is 1420. The van der Waals surface area contributed by atoms with Crippen LogP contribution in [-0.4, -0.2) is 85.0 Å². The summed E-state index contributed by atoms with van der Waals surface area (Å²) >= 11 is 12.1. The number of aromatic nitrogens is 1. The normalized spacial score (nSPS) is 16.9. The van der Waals surface area contributed by atoms with Crippen LogP contribution >= 0.6 is 23.2 Å². The van der Waals surface area contributed by atoms with Gasteiger partial charge in [-0.15, -0.1) is 0 Å². The fourth-order valence-corrected chi connectivity index (χ4v) is 5.50. The summed E-state index contributed by atoms with van der Waals surface area (Å²) in [6.45, 7) is 6.76. The number of nitrogens with one attached hydrogen (secondary N) is 2. The Morgan fingerprint density at radius 2 is 1.70 bits per heavy atom. The number of carbonyl (C=O) groups is 2. The number of amides is 2. The molecule has 0 spiro atoms. The summed E-state index contributed by atoms with van der Waals surface area (Å²) in [5, 5.41) is 16.1. The molecule has 0 radical (unpaired) electrons. The number of β-amino-alcohol motifs (C(OH)–C–C–N with tert-alkyl or cyclic N) is 1. The third kappa shape index (κ3) is 8.36. The van der Waals surface area contributed by atoms with Gasteiger partial charge in [-0.05, 0) is 62.2 Å². The predicted octanol–water partition coefficient (Wildman–Crippen LogP) is 4.95. The lowest BCUT2D eigenvalue weighted by Crippen LogP contribution is -2.41. The summed E-state index contributed by atoms with van der Waals surface area (Å²) in [5.74, 6) is -0.131. The summed E-state index contributed by atoms with van der Waals surface area (Å²) < 4.78 is 12.0. The average Bonchev–Trinajstić information content (AvgIpc) is 3.00. The molecular formula is C31H35Cl2N5O5. The molecule has 2 saturated heterocycles. The van der Waals surface area contributed by atoms with Crippen molar-refractivity contribution in [1.82, 2.24) is 9.88 Å². The summed E-state index contributed by atoms with van der Waals surface area (Å²) in [4.78, 5) is 35.4. The molecule has 2 aromatic carbocycles. The first-order valence-corrected chi connectivity index (χ1v) is 15.1. The monoisotopic (exact) mass is 627 g/mol. The average molecular weight is 629 g/mol. The maximum Gasteiger partial charge on any atom is 0.259 e. The minimum Gasteiger partial charge on any atom is -0.489 e. The maximum atomic E-state index is 13.7. The minimum atomic E-state index is -0.490. The van der Waals surface area contributed by atoms with E-state index in [2.05, 4.69) is 25.4 Å². The van der Waals surface area contributed by atoms with E-state index in [4.69, 9.17) is 32.7 Å². The van der Waals surface area contributed by atoms with Gasteiger partial charge in [-0.3, -0.25) is 9.59 Å². The number of rotatable bonds is 9. The number of ether oxygens (including phenoxy) is 2. The molecule has 0 bridgehead atoms. The van der Waals surface area contributed by atoms with Crippen molar-refractivity contribution in [3.63, 3.8) is 0 Å². The van der Waals surface area contributed by atoms with E-state index in [0.29, 0.717) is 46.9 Å². The van der Waals surface area contributed by atoms with E-state index in [1.807, 2.05) is 12.1 Å². The Hall–Kier alpha value is -3.41. The number of anilines is 3. The number of hydrogen-bond donors (Lipinski definition) is 3. The Balaban J connectivity index is 1.37. The van der Waals surface area contributed by atoms with Gasteiger partial charge in [0.2, 0.25) is 0 Å². The van der Waals surface area contributed by atoms with Gasteiger partial charge >= 0.3 is 0 Å². The second kappa shape index (κ2) is 14.4. The largest absolute Gasteiger partial charge is 0.489 e. The van der Waals surface area contributed by atoms with Crippen LogP contribution in [0.25, 0.3) is 0 Å². The lowest BCUT2D eigenvalue weighted by atomic mass is 10.1. The SMILES string of the molecule is C[C@H](O)CN1CCC(Oc2cc(N3CCOCC3)ccc2C(=O)Nc2ccc(Cl)cc2C(=O)Nc2ccc(Cl)cn2)CC1. The van der Waals surface area contributed by atoms with Crippen molar-refractivity contribution in [2.45, 2.75) is 32.0 Å². The first-order chi connectivity index (χ1) is 20.7. The number of pyridine rings is 1. The van der Waals surface area contributed by atoms with Crippen molar-refractivity contribution < 1.29 is 24.2 Å². The molecule has 2 amide bonds. The van der Waals surface area contributed by atoms with E-state index in [-0.39, 0.29) is 23.5 Å². The zero-order valence-electron chi connectivity index (χ0n) is 23.9. The molecule has 43 heavy (non-hydrogen) atoms. The molecule has 3 heterocycles. The van der Waals surface area contributed by atoms with E-state index in [1.165, 1.54) is 12.3 Å². The van der Waals surface area contributed by atoms with Crippen molar-refractivity contribution in [2.24, 2.45) is 0 Å². The van der Waals surface area contributed by atoms with Crippen LogP contribution in [0.2, 0.25) is 10.0 Å². The van der Waals surface area contributed by atoms with Gasteiger partial charge in [-0.1, -0.05) is 23.2 Å². The van der Waals surface area contributed by atoms with Gasteiger partial charge in [0.1, 0.15) is 17.7 Å². The van der Waals surface area contributed by atoms with Crippen LogP contribution in [0.4, 0.5) is 17.2 Å². The van der Waals surface area contributed by atoms with Crippen molar-refractivity contribution in [3.8, 4) is 5.75 Å². The summed E-state index contributed by atoms with van der Waals surface area (Å²) in [6, 6.07) is 13.4. The number of halogens is 2.